The summed E-state index contributed by atoms with van der Waals surface area (Å²) < 4.78 is 10.3. The van der Waals surface area contributed by atoms with Crippen molar-refractivity contribution in [3.63, 3.8) is 0 Å². The molecule has 0 aliphatic carbocycles. The molecular weight excluding hydrogens is 292 g/mol. The number of fused-ring (bicyclic) bond motifs is 2. The summed E-state index contributed by atoms with van der Waals surface area (Å²) in [7, 11) is 0. The molecule has 0 radical (unpaired) electrons. The van der Waals surface area contributed by atoms with E-state index < -0.39 is 4.92 Å². The van der Waals surface area contributed by atoms with Crippen molar-refractivity contribution in [2.45, 2.75) is 19.1 Å². The Morgan fingerprint density at radius 2 is 2.09 bits per heavy atom. The van der Waals surface area contributed by atoms with Gasteiger partial charge in [-0.25, -0.2) is 4.79 Å². The summed E-state index contributed by atoms with van der Waals surface area (Å²) in [5.74, 6) is -0.769. The van der Waals surface area contributed by atoms with Gasteiger partial charge in [0.1, 0.15) is 12.7 Å². The average molecular weight is 306 g/mol. The molecular formula is C14H14N2O6. The Labute approximate surface area is 125 Å². The van der Waals surface area contributed by atoms with Crippen molar-refractivity contribution in [3.05, 3.63) is 39.9 Å². The fourth-order valence-electron chi connectivity index (χ4n) is 2.66. The molecule has 0 N–H and O–H groups in total. The molecule has 2 bridgehead atoms. The monoisotopic (exact) mass is 306 g/mol. The van der Waals surface area contributed by atoms with Crippen molar-refractivity contribution in [2.75, 3.05) is 13.1 Å². The van der Waals surface area contributed by atoms with Crippen LogP contribution in [0.5, 0.6) is 0 Å². The van der Waals surface area contributed by atoms with E-state index in [1.807, 2.05) is 0 Å². The fourth-order valence-corrected chi connectivity index (χ4v) is 2.66. The first kappa shape index (κ1) is 14.3. The lowest BCUT2D eigenvalue weighted by molar-refractivity contribution is -0.384. The Morgan fingerprint density at radius 1 is 1.36 bits per heavy atom. The van der Waals surface area contributed by atoms with Crippen LogP contribution in [0.3, 0.4) is 0 Å². The summed E-state index contributed by atoms with van der Waals surface area (Å²) in [6.45, 7) is 0.895. The van der Waals surface area contributed by atoms with Crippen molar-refractivity contribution in [2.24, 2.45) is 5.92 Å². The summed E-state index contributed by atoms with van der Waals surface area (Å²) in [5.41, 5.74) is 0.660. The molecule has 0 saturated carbocycles. The summed E-state index contributed by atoms with van der Waals surface area (Å²) in [5, 5.41) is 10.6. The lowest BCUT2D eigenvalue weighted by atomic mass is 9.97. The number of hydrogen-bond donors (Lipinski definition) is 0. The van der Waals surface area contributed by atoms with Crippen LogP contribution in [0, 0.1) is 16.0 Å². The van der Waals surface area contributed by atoms with Gasteiger partial charge < -0.3 is 14.4 Å². The number of piperidine rings is 1. The average Bonchev–Trinajstić information content (AvgIpc) is 2.77. The molecule has 0 spiro atoms. The minimum Gasteiger partial charge on any atom is -0.461 e. The van der Waals surface area contributed by atoms with E-state index in [-0.39, 0.29) is 36.4 Å². The molecule has 3 rings (SSSR count). The first-order valence-electron chi connectivity index (χ1n) is 6.88. The Balaban J connectivity index is 1.54. The molecule has 2 fully saturated rings. The summed E-state index contributed by atoms with van der Waals surface area (Å²) in [6, 6.07) is 5.82. The van der Waals surface area contributed by atoms with Crippen LogP contribution < -0.4 is 0 Å². The quantitative estimate of drug-likeness (QED) is 0.474. The largest absolute Gasteiger partial charge is 0.461 e. The molecule has 2 heterocycles. The highest BCUT2D eigenvalue weighted by molar-refractivity contribution is 5.76. The minimum absolute atomic E-state index is 0.0117. The second-order valence-electron chi connectivity index (χ2n) is 5.37. The maximum absolute atomic E-state index is 12.0. The van der Waals surface area contributed by atoms with E-state index in [9.17, 15) is 19.7 Å². The van der Waals surface area contributed by atoms with Crippen LogP contribution in [0.15, 0.2) is 24.3 Å². The zero-order valence-corrected chi connectivity index (χ0v) is 11.6. The number of amides is 1. The SMILES string of the molecule is O=C(OCc1ccc([N+](=O)[O-])cc1)C1CC2CN(C1)C(=O)O2. The molecule has 8 nitrogen and oxygen atoms in total. The van der Waals surface area contributed by atoms with Crippen LogP contribution >= 0.6 is 0 Å². The molecule has 2 atom stereocenters. The Hall–Kier alpha value is -2.64. The highest BCUT2D eigenvalue weighted by Crippen LogP contribution is 2.27. The third kappa shape index (κ3) is 2.85. The number of nitrogens with zero attached hydrogens (tertiary/aromatic N) is 2. The molecule has 1 aromatic carbocycles. The van der Waals surface area contributed by atoms with Gasteiger partial charge in [-0.2, -0.15) is 0 Å². The number of hydrogen-bond acceptors (Lipinski definition) is 6. The zero-order chi connectivity index (χ0) is 15.7. The van der Waals surface area contributed by atoms with Crippen LogP contribution in [0.1, 0.15) is 12.0 Å². The van der Waals surface area contributed by atoms with Crippen LogP contribution in [-0.2, 0) is 20.9 Å². The van der Waals surface area contributed by atoms with Gasteiger partial charge in [0.15, 0.2) is 0 Å². The van der Waals surface area contributed by atoms with Crippen molar-refractivity contribution in [1.82, 2.24) is 4.90 Å². The molecule has 8 heteroatoms. The minimum atomic E-state index is -0.487. The smallest absolute Gasteiger partial charge is 0.410 e. The van der Waals surface area contributed by atoms with Crippen molar-refractivity contribution < 1.29 is 24.0 Å². The number of nitro groups is 1. The number of carbonyl (C=O) groups excluding carboxylic acids is 2. The predicted octanol–water partition coefficient (Wildman–Crippen LogP) is 1.48. The molecule has 2 aliphatic heterocycles. The Bertz CT molecular complexity index is 614. The zero-order valence-electron chi connectivity index (χ0n) is 11.6. The molecule has 1 aromatic rings. The first-order chi connectivity index (χ1) is 10.5. The van der Waals surface area contributed by atoms with Crippen molar-refractivity contribution >= 4 is 17.7 Å². The van der Waals surface area contributed by atoms with E-state index in [0.717, 1.165) is 0 Å². The highest BCUT2D eigenvalue weighted by Gasteiger charge is 2.42. The van der Waals surface area contributed by atoms with Crippen molar-refractivity contribution in [1.29, 1.82) is 0 Å². The van der Waals surface area contributed by atoms with Gasteiger partial charge in [-0.05, 0) is 17.7 Å². The van der Waals surface area contributed by atoms with E-state index in [1.165, 1.54) is 17.0 Å². The van der Waals surface area contributed by atoms with Crippen molar-refractivity contribution in [3.8, 4) is 0 Å². The van der Waals surface area contributed by atoms with Crippen LogP contribution in [-0.4, -0.2) is 41.1 Å². The lowest BCUT2D eigenvalue weighted by Gasteiger charge is -2.25. The van der Waals surface area contributed by atoms with Gasteiger partial charge in [0.05, 0.1) is 17.4 Å². The third-order valence-corrected chi connectivity index (χ3v) is 3.80. The van der Waals surface area contributed by atoms with E-state index in [2.05, 4.69) is 0 Å². The topological polar surface area (TPSA) is 99.0 Å². The molecule has 0 aromatic heterocycles. The van der Waals surface area contributed by atoms with Crippen LogP contribution in [0.2, 0.25) is 0 Å². The third-order valence-electron chi connectivity index (χ3n) is 3.80. The van der Waals surface area contributed by atoms with Gasteiger partial charge in [0, 0.05) is 25.1 Å². The van der Waals surface area contributed by atoms with Gasteiger partial charge in [0.25, 0.3) is 5.69 Å². The van der Waals surface area contributed by atoms with Gasteiger partial charge in [-0.15, -0.1) is 0 Å². The van der Waals surface area contributed by atoms with E-state index in [4.69, 9.17) is 9.47 Å². The normalized spacial score (nSPS) is 23.1. The summed E-state index contributed by atoms with van der Waals surface area (Å²) in [4.78, 5) is 35.0. The summed E-state index contributed by atoms with van der Waals surface area (Å²) >= 11 is 0. The molecule has 1 amide bonds. The van der Waals surface area contributed by atoms with Crippen LogP contribution in [0.4, 0.5) is 10.5 Å². The van der Waals surface area contributed by atoms with Gasteiger partial charge in [-0.1, -0.05) is 0 Å². The fraction of sp³-hybridized carbons (Fsp3) is 0.429. The molecule has 116 valence electrons. The molecule has 2 unspecified atom stereocenters. The standard InChI is InChI=1S/C14H14N2O6/c17-13(10-5-12-7-15(6-10)14(18)22-12)21-8-9-1-3-11(4-2-9)16(19)20/h1-4,10,12H,5-8H2. The number of benzene rings is 1. The first-order valence-corrected chi connectivity index (χ1v) is 6.88. The Kier molecular flexibility index (Phi) is 3.66. The molecule has 2 saturated heterocycles. The number of esters is 1. The number of carbonyl (C=O) groups is 2. The van der Waals surface area contributed by atoms with Crippen LogP contribution in [0.25, 0.3) is 0 Å². The Morgan fingerprint density at radius 3 is 2.73 bits per heavy atom. The predicted molar refractivity (Wildman–Crippen MR) is 72.8 cm³/mol. The summed E-state index contributed by atoms with van der Waals surface area (Å²) in [6.07, 6.45) is -0.143. The van der Waals surface area contributed by atoms with Gasteiger partial charge >= 0.3 is 12.1 Å². The number of non-ortho nitro benzene ring substituents is 1. The second kappa shape index (κ2) is 5.63. The second-order valence-corrected chi connectivity index (χ2v) is 5.37. The molecule has 22 heavy (non-hydrogen) atoms. The lowest BCUT2D eigenvalue weighted by Crippen LogP contribution is -2.40. The van der Waals surface area contributed by atoms with E-state index >= 15 is 0 Å². The molecule has 2 aliphatic rings. The maximum atomic E-state index is 12.0. The van der Waals surface area contributed by atoms with E-state index in [0.29, 0.717) is 25.1 Å². The maximum Gasteiger partial charge on any atom is 0.410 e. The van der Waals surface area contributed by atoms with E-state index in [1.54, 1.807) is 12.1 Å². The van der Waals surface area contributed by atoms with Gasteiger partial charge in [-0.3, -0.25) is 14.9 Å². The number of ether oxygens (including phenoxy) is 2. The number of rotatable bonds is 4. The number of nitro benzene ring substituents is 1. The highest BCUT2D eigenvalue weighted by atomic mass is 16.6. The van der Waals surface area contributed by atoms with Gasteiger partial charge in [0.2, 0.25) is 0 Å².